The topological polar surface area (TPSA) is 43.8 Å². The second-order valence-corrected chi connectivity index (χ2v) is 4.99. The zero-order valence-corrected chi connectivity index (χ0v) is 10.7. The molecule has 1 aliphatic rings. The van der Waals surface area contributed by atoms with Crippen molar-refractivity contribution < 1.29 is 0 Å². The monoisotopic (exact) mass is 231 g/mol. The van der Waals surface area contributed by atoms with Gasteiger partial charge < -0.3 is 10.3 Å². The molecule has 0 spiro atoms. The zero-order chi connectivity index (χ0) is 12.4. The lowest BCUT2D eigenvalue weighted by Gasteiger charge is -2.08. The number of imidazole rings is 1. The van der Waals surface area contributed by atoms with Gasteiger partial charge in [0.25, 0.3) is 0 Å². The third-order valence-electron chi connectivity index (χ3n) is 3.45. The van der Waals surface area contributed by atoms with E-state index in [2.05, 4.69) is 19.8 Å². The molecular weight excluding hydrogens is 210 g/mol. The molecule has 1 aromatic rings. The molecule has 1 aromatic heterocycles. The highest BCUT2D eigenvalue weighted by molar-refractivity contribution is 5.42. The minimum atomic E-state index is 0.427. The summed E-state index contributed by atoms with van der Waals surface area (Å²) in [6.45, 7) is 4.93. The number of hydrogen-bond donors (Lipinski definition) is 1. The van der Waals surface area contributed by atoms with Crippen molar-refractivity contribution in [3.63, 3.8) is 0 Å². The lowest BCUT2D eigenvalue weighted by molar-refractivity contribution is 0.650. The molecule has 0 radical (unpaired) electrons. The molecule has 1 unspecified atom stereocenters. The summed E-state index contributed by atoms with van der Waals surface area (Å²) in [5, 5.41) is 0. The molecule has 0 bridgehead atoms. The molecule has 1 heterocycles. The summed E-state index contributed by atoms with van der Waals surface area (Å²) >= 11 is 0. The molecule has 1 aliphatic carbocycles. The third-order valence-corrected chi connectivity index (χ3v) is 3.45. The molecule has 0 amide bonds. The van der Waals surface area contributed by atoms with Gasteiger partial charge in [-0.05, 0) is 19.3 Å². The fourth-order valence-electron chi connectivity index (χ4n) is 2.35. The largest absolute Gasteiger partial charge is 0.384 e. The molecule has 2 rings (SSSR count). The van der Waals surface area contributed by atoms with E-state index in [0.717, 1.165) is 30.2 Å². The van der Waals surface area contributed by atoms with Crippen LogP contribution in [-0.2, 0) is 6.54 Å². The first-order valence-corrected chi connectivity index (χ1v) is 6.48. The van der Waals surface area contributed by atoms with Gasteiger partial charge in [-0.2, -0.15) is 0 Å². The predicted octanol–water partition coefficient (Wildman–Crippen LogP) is 2.88. The van der Waals surface area contributed by atoms with E-state index in [4.69, 9.17) is 17.1 Å². The quantitative estimate of drug-likeness (QED) is 0.792. The molecular formula is C14H21N3. The lowest BCUT2D eigenvalue weighted by atomic mass is 10.0. The molecule has 1 atom stereocenters. The second kappa shape index (κ2) is 4.83. The molecule has 0 aliphatic heterocycles. The van der Waals surface area contributed by atoms with Crippen molar-refractivity contribution in [2.45, 2.75) is 57.9 Å². The van der Waals surface area contributed by atoms with Crippen LogP contribution in [0.3, 0.4) is 0 Å². The van der Waals surface area contributed by atoms with E-state index in [1.165, 1.54) is 12.8 Å². The molecule has 3 heteroatoms. The van der Waals surface area contributed by atoms with E-state index < -0.39 is 0 Å². The van der Waals surface area contributed by atoms with E-state index >= 15 is 0 Å². The van der Waals surface area contributed by atoms with Gasteiger partial charge >= 0.3 is 0 Å². The van der Waals surface area contributed by atoms with Gasteiger partial charge in [-0.1, -0.05) is 26.2 Å². The van der Waals surface area contributed by atoms with Crippen LogP contribution in [0, 0.1) is 12.3 Å². The number of anilines is 1. The van der Waals surface area contributed by atoms with Crippen molar-refractivity contribution in [2.75, 3.05) is 5.73 Å². The normalized spacial score (nSPS) is 16.8. The molecule has 3 nitrogen and oxygen atoms in total. The Hall–Kier alpha value is -1.43. The Labute approximate surface area is 103 Å². The van der Waals surface area contributed by atoms with Crippen LogP contribution >= 0.6 is 0 Å². The molecule has 2 N–H and O–H groups in total. The predicted molar refractivity (Wildman–Crippen MR) is 70.8 cm³/mol. The van der Waals surface area contributed by atoms with Gasteiger partial charge in [-0.15, -0.1) is 6.42 Å². The first-order chi connectivity index (χ1) is 8.19. The summed E-state index contributed by atoms with van der Waals surface area (Å²) in [7, 11) is 0. The minimum Gasteiger partial charge on any atom is -0.384 e. The van der Waals surface area contributed by atoms with Gasteiger partial charge in [-0.3, -0.25) is 0 Å². The van der Waals surface area contributed by atoms with Crippen LogP contribution in [-0.4, -0.2) is 9.55 Å². The summed E-state index contributed by atoms with van der Waals surface area (Å²) in [5.41, 5.74) is 7.24. The summed E-state index contributed by atoms with van der Waals surface area (Å²) in [5.74, 6) is 5.59. The SMILES string of the molecule is C#CCn1c(C2CC2)nc(C(C)CCC)c1N. The Morgan fingerprint density at radius 1 is 1.59 bits per heavy atom. The van der Waals surface area contributed by atoms with E-state index in [1.54, 1.807) is 0 Å². The van der Waals surface area contributed by atoms with Crippen LogP contribution in [0.15, 0.2) is 0 Å². The average Bonchev–Trinajstić information content (AvgIpc) is 3.08. The number of aromatic nitrogens is 2. The number of rotatable bonds is 5. The Morgan fingerprint density at radius 2 is 2.29 bits per heavy atom. The van der Waals surface area contributed by atoms with Crippen LogP contribution in [0.5, 0.6) is 0 Å². The number of terminal acetylenes is 1. The van der Waals surface area contributed by atoms with Gasteiger partial charge in [0.05, 0.1) is 12.2 Å². The summed E-state index contributed by atoms with van der Waals surface area (Å²) in [6.07, 6.45) is 10.1. The molecule has 1 fully saturated rings. The van der Waals surface area contributed by atoms with E-state index in [0.29, 0.717) is 18.4 Å². The maximum atomic E-state index is 6.19. The van der Waals surface area contributed by atoms with Gasteiger partial charge in [0.2, 0.25) is 0 Å². The molecule has 0 saturated heterocycles. The Kier molecular flexibility index (Phi) is 3.42. The van der Waals surface area contributed by atoms with Crippen LogP contribution < -0.4 is 5.73 Å². The lowest BCUT2D eigenvalue weighted by Crippen LogP contribution is -2.06. The first-order valence-electron chi connectivity index (χ1n) is 6.48. The highest BCUT2D eigenvalue weighted by atomic mass is 15.1. The van der Waals surface area contributed by atoms with Crippen LogP contribution in [0.1, 0.15) is 62.9 Å². The minimum absolute atomic E-state index is 0.427. The van der Waals surface area contributed by atoms with Crippen molar-refractivity contribution in [3.05, 3.63) is 11.5 Å². The summed E-state index contributed by atoms with van der Waals surface area (Å²) < 4.78 is 2.03. The highest BCUT2D eigenvalue weighted by Crippen LogP contribution is 2.41. The van der Waals surface area contributed by atoms with E-state index in [-0.39, 0.29) is 0 Å². The zero-order valence-electron chi connectivity index (χ0n) is 10.7. The van der Waals surface area contributed by atoms with Crippen molar-refractivity contribution >= 4 is 5.82 Å². The fourth-order valence-corrected chi connectivity index (χ4v) is 2.35. The second-order valence-electron chi connectivity index (χ2n) is 4.99. The standard InChI is InChI=1S/C14H21N3/c1-4-6-10(3)12-13(15)17(9-5-2)14(16-12)11-7-8-11/h2,10-11H,4,6-9,15H2,1,3H3. The molecule has 17 heavy (non-hydrogen) atoms. The van der Waals surface area contributed by atoms with Crippen LogP contribution in [0.2, 0.25) is 0 Å². The maximum Gasteiger partial charge on any atom is 0.127 e. The Morgan fingerprint density at radius 3 is 2.82 bits per heavy atom. The molecule has 1 saturated carbocycles. The van der Waals surface area contributed by atoms with Gasteiger partial charge in [0, 0.05) is 11.8 Å². The fraction of sp³-hybridized carbons (Fsp3) is 0.643. The third kappa shape index (κ3) is 2.31. The van der Waals surface area contributed by atoms with Crippen molar-refractivity contribution in [3.8, 4) is 12.3 Å². The van der Waals surface area contributed by atoms with E-state index in [9.17, 15) is 0 Å². The summed E-state index contributed by atoms with van der Waals surface area (Å²) in [6, 6.07) is 0. The van der Waals surface area contributed by atoms with Gasteiger partial charge in [0.1, 0.15) is 11.6 Å². The highest BCUT2D eigenvalue weighted by Gasteiger charge is 2.31. The summed E-state index contributed by atoms with van der Waals surface area (Å²) in [4.78, 5) is 4.75. The molecule has 0 aromatic carbocycles. The van der Waals surface area contributed by atoms with E-state index in [1.807, 2.05) is 4.57 Å². The first kappa shape index (κ1) is 12.0. The average molecular weight is 231 g/mol. The van der Waals surface area contributed by atoms with Crippen LogP contribution in [0.4, 0.5) is 5.82 Å². The number of hydrogen-bond acceptors (Lipinski definition) is 2. The maximum absolute atomic E-state index is 6.19. The number of nitrogen functional groups attached to an aromatic ring is 1. The van der Waals surface area contributed by atoms with Crippen molar-refractivity contribution in [2.24, 2.45) is 0 Å². The van der Waals surface area contributed by atoms with Crippen LogP contribution in [0.25, 0.3) is 0 Å². The van der Waals surface area contributed by atoms with Gasteiger partial charge in [0.15, 0.2) is 0 Å². The number of nitrogens with two attached hydrogens (primary N) is 1. The molecule has 92 valence electrons. The van der Waals surface area contributed by atoms with Crippen molar-refractivity contribution in [1.29, 1.82) is 0 Å². The van der Waals surface area contributed by atoms with Crippen molar-refractivity contribution in [1.82, 2.24) is 9.55 Å². The Balaban J connectivity index is 2.33. The Bertz CT molecular complexity index is 435. The van der Waals surface area contributed by atoms with Gasteiger partial charge in [-0.25, -0.2) is 4.98 Å². The smallest absolute Gasteiger partial charge is 0.127 e. The number of nitrogens with zero attached hydrogens (tertiary/aromatic N) is 2.